The van der Waals surface area contributed by atoms with E-state index in [1.807, 2.05) is 13.8 Å². The van der Waals surface area contributed by atoms with Crippen LogP contribution in [0.4, 0.5) is 0 Å². The maximum atomic E-state index is 10.3. The van der Waals surface area contributed by atoms with E-state index in [1.165, 1.54) is 0 Å². The molecule has 0 atom stereocenters. The average molecular weight is 224 g/mol. The van der Waals surface area contributed by atoms with Crippen molar-refractivity contribution in [1.82, 2.24) is 0 Å². The Kier molecular flexibility index (Phi) is 6.63. The standard InChI is InChI=1S/C8H16O3S2/c1-8(2,4-3-7(10)11)13-12-6-5-9/h9H,3-6H2,1-2H3,(H,10,11). The molecule has 0 spiro atoms. The van der Waals surface area contributed by atoms with E-state index in [-0.39, 0.29) is 17.8 Å². The summed E-state index contributed by atoms with van der Waals surface area (Å²) in [6.45, 7) is 4.21. The van der Waals surface area contributed by atoms with Crippen LogP contribution < -0.4 is 0 Å². The topological polar surface area (TPSA) is 57.5 Å². The van der Waals surface area contributed by atoms with Gasteiger partial charge in [-0.15, -0.1) is 0 Å². The van der Waals surface area contributed by atoms with Crippen LogP contribution in [0.5, 0.6) is 0 Å². The van der Waals surface area contributed by atoms with E-state index in [1.54, 1.807) is 21.6 Å². The zero-order valence-corrected chi connectivity index (χ0v) is 9.58. The Bertz CT molecular complexity index is 159. The average Bonchev–Trinajstić information content (AvgIpc) is 2.02. The molecular formula is C8H16O3S2. The molecule has 0 aromatic heterocycles. The van der Waals surface area contributed by atoms with E-state index in [9.17, 15) is 4.79 Å². The maximum Gasteiger partial charge on any atom is 0.303 e. The lowest BCUT2D eigenvalue weighted by atomic mass is 10.1. The predicted molar refractivity (Wildman–Crippen MR) is 58.1 cm³/mol. The van der Waals surface area contributed by atoms with Gasteiger partial charge in [-0.05, 0) is 20.3 Å². The van der Waals surface area contributed by atoms with Crippen molar-refractivity contribution >= 4 is 27.6 Å². The first kappa shape index (κ1) is 13.1. The molecule has 0 aliphatic rings. The number of carbonyl (C=O) groups is 1. The molecule has 3 nitrogen and oxygen atoms in total. The highest BCUT2D eigenvalue weighted by Crippen LogP contribution is 2.38. The number of carboxylic acids is 1. The van der Waals surface area contributed by atoms with Crippen LogP contribution in [0.25, 0.3) is 0 Å². The minimum absolute atomic E-state index is 0.0295. The molecule has 13 heavy (non-hydrogen) atoms. The van der Waals surface area contributed by atoms with Crippen LogP contribution in [0.1, 0.15) is 26.7 Å². The lowest BCUT2D eigenvalue weighted by Crippen LogP contribution is -2.15. The molecule has 0 fully saturated rings. The lowest BCUT2D eigenvalue weighted by Gasteiger charge is -2.21. The van der Waals surface area contributed by atoms with Crippen LogP contribution in [0.15, 0.2) is 0 Å². The Morgan fingerprint density at radius 2 is 2.08 bits per heavy atom. The Balaban J connectivity index is 3.59. The molecule has 5 heteroatoms. The van der Waals surface area contributed by atoms with Gasteiger partial charge in [0.15, 0.2) is 0 Å². The van der Waals surface area contributed by atoms with Gasteiger partial charge in [-0.25, -0.2) is 0 Å². The smallest absolute Gasteiger partial charge is 0.303 e. The number of aliphatic carboxylic acids is 1. The number of aliphatic hydroxyl groups excluding tert-OH is 1. The van der Waals surface area contributed by atoms with Crippen molar-refractivity contribution in [3.63, 3.8) is 0 Å². The molecule has 0 bridgehead atoms. The van der Waals surface area contributed by atoms with Crippen molar-refractivity contribution in [2.24, 2.45) is 0 Å². The molecule has 0 saturated carbocycles. The van der Waals surface area contributed by atoms with Crippen molar-refractivity contribution < 1.29 is 15.0 Å². The first-order chi connectivity index (χ1) is 5.98. The lowest BCUT2D eigenvalue weighted by molar-refractivity contribution is -0.137. The normalized spacial score (nSPS) is 11.6. The fourth-order valence-electron chi connectivity index (χ4n) is 0.688. The van der Waals surface area contributed by atoms with Crippen LogP contribution >= 0.6 is 21.6 Å². The number of aliphatic hydroxyl groups is 1. The second kappa shape index (κ2) is 6.56. The fourth-order valence-corrected chi connectivity index (χ4v) is 3.03. The summed E-state index contributed by atoms with van der Waals surface area (Å²) in [5, 5.41) is 17.0. The zero-order chi connectivity index (χ0) is 10.3. The number of carboxylic acid groups (broad SMARTS) is 1. The summed E-state index contributed by atoms with van der Waals surface area (Å²) in [5.74, 6) is -0.0536. The molecule has 0 saturated heterocycles. The van der Waals surface area contributed by atoms with Gasteiger partial charge < -0.3 is 10.2 Å². The Hall–Kier alpha value is 0.130. The highest BCUT2D eigenvalue weighted by Gasteiger charge is 2.19. The van der Waals surface area contributed by atoms with Crippen molar-refractivity contribution in [1.29, 1.82) is 0 Å². The number of hydrogen-bond donors (Lipinski definition) is 2. The Morgan fingerprint density at radius 1 is 1.46 bits per heavy atom. The fraction of sp³-hybridized carbons (Fsp3) is 0.875. The maximum absolute atomic E-state index is 10.3. The molecule has 0 radical (unpaired) electrons. The minimum Gasteiger partial charge on any atom is -0.481 e. The molecule has 0 unspecified atom stereocenters. The number of hydrogen-bond acceptors (Lipinski definition) is 4. The molecule has 0 rings (SSSR count). The molecule has 0 aromatic carbocycles. The third-order valence-corrected chi connectivity index (χ3v) is 4.73. The third-order valence-electron chi connectivity index (χ3n) is 1.40. The molecule has 0 aromatic rings. The van der Waals surface area contributed by atoms with Crippen LogP contribution in [0.3, 0.4) is 0 Å². The molecule has 0 aliphatic carbocycles. The van der Waals surface area contributed by atoms with E-state index in [0.29, 0.717) is 12.2 Å². The van der Waals surface area contributed by atoms with Gasteiger partial charge in [0.1, 0.15) is 0 Å². The predicted octanol–water partition coefficient (Wildman–Crippen LogP) is 2.00. The van der Waals surface area contributed by atoms with E-state index in [0.717, 1.165) is 0 Å². The quantitative estimate of drug-likeness (QED) is 0.512. The van der Waals surface area contributed by atoms with Gasteiger partial charge >= 0.3 is 5.97 Å². The van der Waals surface area contributed by atoms with E-state index >= 15 is 0 Å². The monoisotopic (exact) mass is 224 g/mol. The second-order valence-corrected chi connectivity index (χ2v) is 6.41. The summed E-state index contributed by atoms with van der Waals surface area (Å²) in [7, 11) is 3.22. The van der Waals surface area contributed by atoms with Crippen LogP contribution in [0.2, 0.25) is 0 Å². The second-order valence-electron chi connectivity index (χ2n) is 3.28. The Morgan fingerprint density at radius 3 is 2.54 bits per heavy atom. The van der Waals surface area contributed by atoms with E-state index < -0.39 is 5.97 Å². The first-order valence-electron chi connectivity index (χ1n) is 4.11. The highest BCUT2D eigenvalue weighted by molar-refractivity contribution is 8.77. The minimum atomic E-state index is -0.749. The summed E-state index contributed by atoms with van der Waals surface area (Å²) in [6, 6.07) is 0. The van der Waals surface area contributed by atoms with Crippen molar-refractivity contribution in [3.8, 4) is 0 Å². The molecule has 0 aliphatic heterocycles. The van der Waals surface area contributed by atoms with Crippen LogP contribution in [-0.2, 0) is 4.79 Å². The van der Waals surface area contributed by atoms with Crippen molar-refractivity contribution in [2.75, 3.05) is 12.4 Å². The Labute approximate surface area is 86.7 Å². The summed E-state index contributed by atoms with van der Waals surface area (Å²) >= 11 is 0. The molecule has 0 amide bonds. The summed E-state index contributed by atoms with van der Waals surface area (Å²) in [6.07, 6.45) is 0.866. The van der Waals surface area contributed by atoms with Gasteiger partial charge in [0.2, 0.25) is 0 Å². The van der Waals surface area contributed by atoms with Crippen molar-refractivity contribution in [3.05, 3.63) is 0 Å². The molecular weight excluding hydrogens is 208 g/mol. The third kappa shape index (κ3) is 8.46. The largest absolute Gasteiger partial charge is 0.481 e. The van der Waals surface area contributed by atoms with Gasteiger partial charge in [0.05, 0.1) is 6.61 Å². The molecule has 2 N–H and O–H groups in total. The van der Waals surface area contributed by atoms with Gasteiger partial charge in [-0.2, -0.15) is 0 Å². The highest BCUT2D eigenvalue weighted by atomic mass is 33.1. The molecule has 78 valence electrons. The van der Waals surface area contributed by atoms with E-state index in [2.05, 4.69) is 0 Å². The van der Waals surface area contributed by atoms with Gasteiger partial charge in [-0.1, -0.05) is 21.6 Å². The van der Waals surface area contributed by atoms with Crippen molar-refractivity contribution in [2.45, 2.75) is 31.4 Å². The summed E-state index contributed by atoms with van der Waals surface area (Å²) < 4.78 is -0.0295. The summed E-state index contributed by atoms with van der Waals surface area (Å²) in [5.41, 5.74) is 0. The van der Waals surface area contributed by atoms with Gasteiger partial charge in [0.25, 0.3) is 0 Å². The molecule has 0 heterocycles. The van der Waals surface area contributed by atoms with Crippen LogP contribution in [-0.4, -0.2) is 33.3 Å². The van der Waals surface area contributed by atoms with Gasteiger partial charge in [-0.3, -0.25) is 4.79 Å². The van der Waals surface area contributed by atoms with Crippen LogP contribution in [0, 0.1) is 0 Å². The first-order valence-corrected chi connectivity index (χ1v) is 6.43. The number of rotatable bonds is 7. The van der Waals surface area contributed by atoms with Gasteiger partial charge in [0, 0.05) is 16.9 Å². The van der Waals surface area contributed by atoms with E-state index in [4.69, 9.17) is 10.2 Å². The summed E-state index contributed by atoms with van der Waals surface area (Å²) in [4.78, 5) is 10.3. The zero-order valence-electron chi connectivity index (χ0n) is 7.95. The SMILES string of the molecule is CC(C)(CCC(=O)O)SSCCO.